The number of nitrogens with two attached hydrogens (primary N) is 1. The fourth-order valence-corrected chi connectivity index (χ4v) is 2.80. The quantitative estimate of drug-likeness (QED) is 0.837. The van der Waals surface area contributed by atoms with Gasteiger partial charge in [-0.1, -0.05) is 0 Å². The Hall–Kier alpha value is 0.0600. The molecular formula is C12H20BrNO2S. The second kappa shape index (κ2) is 6.85. The average Bonchev–Trinajstić information content (AvgIpc) is 2.71. The molecule has 0 aliphatic heterocycles. The molecule has 0 saturated carbocycles. The van der Waals surface area contributed by atoms with Crippen LogP contribution in [-0.4, -0.2) is 25.9 Å². The second-order valence-electron chi connectivity index (χ2n) is 4.45. The highest BCUT2D eigenvalue weighted by Crippen LogP contribution is 2.29. The fourth-order valence-electron chi connectivity index (χ4n) is 1.32. The minimum Gasteiger partial charge on any atom is -0.379 e. The van der Waals surface area contributed by atoms with Crippen molar-refractivity contribution in [2.45, 2.75) is 32.0 Å². The average molecular weight is 322 g/mol. The Labute approximate surface area is 115 Å². The molecule has 17 heavy (non-hydrogen) atoms. The monoisotopic (exact) mass is 321 g/mol. The van der Waals surface area contributed by atoms with Crippen molar-refractivity contribution in [3.63, 3.8) is 0 Å². The van der Waals surface area contributed by atoms with E-state index in [9.17, 15) is 0 Å². The maximum absolute atomic E-state index is 5.81. The lowest BCUT2D eigenvalue weighted by Crippen LogP contribution is -2.26. The number of ether oxygens (including phenoxy) is 2. The van der Waals surface area contributed by atoms with Gasteiger partial charge in [-0.05, 0) is 48.3 Å². The van der Waals surface area contributed by atoms with E-state index in [0.717, 1.165) is 15.1 Å². The Morgan fingerprint density at radius 2 is 2.18 bits per heavy atom. The van der Waals surface area contributed by atoms with Crippen LogP contribution in [0.15, 0.2) is 15.9 Å². The van der Waals surface area contributed by atoms with Crippen molar-refractivity contribution in [1.29, 1.82) is 0 Å². The Balaban J connectivity index is 2.43. The topological polar surface area (TPSA) is 44.5 Å². The van der Waals surface area contributed by atoms with Gasteiger partial charge < -0.3 is 15.2 Å². The number of hydrogen-bond donors (Lipinski definition) is 1. The van der Waals surface area contributed by atoms with Gasteiger partial charge in [0, 0.05) is 18.5 Å². The van der Waals surface area contributed by atoms with Crippen LogP contribution in [0, 0.1) is 0 Å². The largest absolute Gasteiger partial charge is 0.379 e. The van der Waals surface area contributed by atoms with Crippen LogP contribution in [0.3, 0.4) is 0 Å². The molecule has 0 aliphatic rings. The molecule has 5 heteroatoms. The van der Waals surface area contributed by atoms with E-state index in [2.05, 4.69) is 29.8 Å². The van der Waals surface area contributed by atoms with Crippen molar-refractivity contribution in [2.24, 2.45) is 5.73 Å². The molecule has 1 aromatic heterocycles. The summed E-state index contributed by atoms with van der Waals surface area (Å²) in [5, 5.41) is 0. The molecule has 0 bridgehead atoms. The van der Waals surface area contributed by atoms with Crippen LogP contribution >= 0.6 is 27.3 Å². The third-order valence-electron chi connectivity index (χ3n) is 2.70. The Kier molecular flexibility index (Phi) is 6.09. The van der Waals surface area contributed by atoms with Crippen molar-refractivity contribution in [2.75, 3.05) is 20.3 Å². The molecule has 0 aliphatic carbocycles. The van der Waals surface area contributed by atoms with Gasteiger partial charge in [0.05, 0.1) is 16.0 Å². The van der Waals surface area contributed by atoms with Gasteiger partial charge in [0.1, 0.15) is 6.10 Å². The summed E-state index contributed by atoms with van der Waals surface area (Å²) in [7, 11) is 1.72. The van der Waals surface area contributed by atoms with Gasteiger partial charge >= 0.3 is 0 Å². The highest BCUT2D eigenvalue weighted by atomic mass is 79.9. The highest BCUT2D eigenvalue weighted by Gasteiger charge is 2.18. The molecule has 0 spiro atoms. The zero-order chi connectivity index (χ0) is 12.9. The third kappa shape index (κ3) is 5.06. The summed E-state index contributed by atoms with van der Waals surface area (Å²) >= 11 is 5.11. The van der Waals surface area contributed by atoms with E-state index in [4.69, 9.17) is 15.2 Å². The predicted molar refractivity (Wildman–Crippen MR) is 75.5 cm³/mol. The maximum Gasteiger partial charge on any atom is 0.104 e. The van der Waals surface area contributed by atoms with Crippen LogP contribution in [0.1, 0.15) is 31.2 Å². The number of hydrogen-bond acceptors (Lipinski definition) is 4. The van der Waals surface area contributed by atoms with E-state index in [0.29, 0.717) is 13.2 Å². The molecule has 98 valence electrons. The summed E-state index contributed by atoms with van der Waals surface area (Å²) in [5.74, 6) is 0. The van der Waals surface area contributed by atoms with Gasteiger partial charge in [0.15, 0.2) is 0 Å². The van der Waals surface area contributed by atoms with Crippen LogP contribution in [0.5, 0.6) is 0 Å². The molecule has 0 fully saturated rings. The van der Waals surface area contributed by atoms with Gasteiger partial charge in [0.25, 0.3) is 0 Å². The zero-order valence-corrected chi connectivity index (χ0v) is 12.9. The lowest BCUT2D eigenvalue weighted by atomic mass is 10.1. The third-order valence-corrected chi connectivity index (χ3v) is 4.42. The van der Waals surface area contributed by atoms with Gasteiger partial charge in [0.2, 0.25) is 0 Å². The van der Waals surface area contributed by atoms with Crippen molar-refractivity contribution in [3.8, 4) is 0 Å². The SMILES string of the molecule is COC(C)(C)CCOC(CN)c1ccc(Br)s1. The molecule has 1 atom stereocenters. The van der Waals surface area contributed by atoms with Gasteiger partial charge in [-0.15, -0.1) is 11.3 Å². The van der Waals surface area contributed by atoms with E-state index in [1.54, 1.807) is 18.4 Å². The smallest absolute Gasteiger partial charge is 0.104 e. The van der Waals surface area contributed by atoms with Crippen molar-refractivity contribution in [1.82, 2.24) is 0 Å². The van der Waals surface area contributed by atoms with Gasteiger partial charge in [-0.25, -0.2) is 0 Å². The molecule has 1 rings (SSSR count). The van der Waals surface area contributed by atoms with E-state index in [1.807, 2.05) is 12.1 Å². The lowest BCUT2D eigenvalue weighted by molar-refractivity contribution is -0.0250. The summed E-state index contributed by atoms with van der Waals surface area (Å²) in [4.78, 5) is 1.16. The number of methoxy groups -OCH3 is 1. The molecular weight excluding hydrogens is 302 g/mol. The molecule has 0 saturated heterocycles. The van der Waals surface area contributed by atoms with E-state index < -0.39 is 0 Å². The summed E-state index contributed by atoms with van der Waals surface area (Å²) in [6, 6.07) is 4.07. The van der Waals surface area contributed by atoms with Crippen LogP contribution in [0.2, 0.25) is 0 Å². The first kappa shape index (κ1) is 15.1. The standard InChI is InChI=1S/C12H20BrNO2S/c1-12(2,15-3)6-7-16-9(8-14)10-4-5-11(13)17-10/h4-5,9H,6-8,14H2,1-3H3. The summed E-state index contributed by atoms with van der Waals surface area (Å²) in [5.41, 5.74) is 5.59. The molecule has 1 heterocycles. The first-order chi connectivity index (χ1) is 7.98. The number of rotatable bonds is 7. The van der Waals surface area contributed by atoms with Crippen molar-refractivity contribution < 1.29 is 9.47 Å². The minimum absolute atomic E-state index is 0.0149. The normalized spacial score (nSPS) is 13.9. The Bertz CT molecular complexity index is 341. The van der Waals surface area contributed by atoms with Crippen LogP contribution in [0.25, 0.3) is 0 Å². The molecule has 2 N–H and O–H groups in total. The van der Waals surface area contributed by atoms with E-state index in [1.165, 1.54) is 0 Å². The molecule has 1 aromatic rings. The molecule has 0 aromatic carbocycles. The van der Waals surface area contributed by atoms with Crippen LogP contribution in [0.4, 0.5) is 0 Å². The number of thiophene rings is 1. The van der Waals surface area contributed by atoms with Crippen LogP contribution in [-0.2, 0) is 9.47 Å². The second-order valence-corrected chi connectivity index (χ2v) is 6.95. The van der Waals surface area contributed by atoms with E-state index >= 15 is 0 Å². The van der Waals surface area contributed by atoms with Gasteiger partial charge in [-0.2, -0.15) is 0 Å². The minimum atomic E-state index is -0.144. The summed E-state index contributed by atoms with van der Waals surface area (Å²) < 4.78 is 12.3. The summed E-state index contributed by atoms with van der Waals surface area (Å²) in [6.07, 6.45) is 0.839. The van der Waals surface area contributed by atoms with Crippen molar-refractivity contribution >= 4 is 27.3 Å². The van der Waals surface area contributed by atoms with Gasteiger partial charge in [-0.3, -0.25) is 0 Å². The van der Waals surface area contributed by atoms with E-state index in [-0.39, 0.29) is 11.7 Å². The zero-order valence-electron chi connectivity index (χ0n) is 10.5. The van der Waals surface area contributed by atoms with Crippen LogP contribution < -0.4 is 5.73 Å². The summed E-state index contributed by atoms with van der Waals surface area (Å²) in [6.45, 7) is 5.25. The molecule has 0 amide bonds. The molecule has 1 unspecified atom stereocenters. The maximum atomic E-state index is 5.81. The molecule has 0 radical (unpaired) electrons. The fraction of sp³-hybridized carbons (Fsp3) is 0.667. The first-order valence-electron chi connectivity index (χ1n) is 5.60. The highest BCUT2D eigenvalue weighted by molar-refractivity contribution is 9.11. The lowest BCUT2D eigenvalue weighted by Gasteiger charge is -2.24. The Morgan fingerprint density at radius 3 is 2.65 bits per heavy atom. The molecule has 3 nitrogen and oxygen atoms in total. The number of halogens is 1. The Morgan fingerprint density at radius 1 is 1.47 bits per heavy atom. The first-order valence-corrected chi connectivity index (χ1v) is 7.21. The predicted octanol–water partition coefficient (Wildman–Crippen LogP) is 3.34. The van der Waals surface area contributed by atoms with Crippen molar-refractivity contribution in [3.05, 3.63) is 20.8 Å².